The fourth-order valence-corrected chi connectivity index (χ4v) is 3.93. The highest BCUT2D eigenvalue weighted by atomic mass is 15.3. The standard InChI is InChI=1S/C18H26N2/c1-18(16-9-10-16)13-19-17(15-7-8-15)12-20(18)11-14-5-3-2-4-6-14/h2-6,15-17,19H,7-13H2,1H3. The molecular weight excluding hydrogens is 244 g/mol. The number of hydrogen-bond donors (Lipinski definition) is 1. The smallest absolute Gasteiger partial charge is 0.0338 e. The van der Waals surface area contributed by atoms with E-state index in [1.54, 1.807) is 0 Å². The van der Waals surface area contributed by atoms with Gasteiger partial charge in [0.25, 0.3) is 0 Å². The molecular formula is C18H26N2. The number of nitrogens with one attached hydrogen (secondary N) is 1. The van der Waals surface area contributed by atoms with Crippen LogP contribution >= 0.6 is 0 Å². The number of piperazine rings is 1. The summed E-state index contributed by atoms with van der Waals surface area (Å²) >= 11 is 0. The zero-order valence-electron chi connectivity index (χ0n) is 12.5. The minimum Gasteiger partial charge on any atom is -0.311 e. The third-order valence-corrected chi connectivity index (χ3v) is 5.73. The van der Waals surface area contributed by atoms with Gasteiger partial charge in [-0.05, 0) is 50.0 Å². The van der Waals surface area contributed by atoms with Gasteiger partial charge in [-0.2, -0.15) is 0 Å². The fourth-order valence-electron chi connectivity index (χ4n) is 3.93. The topological polar surface area (TPSA) is 15.3 Å². The lowest BCUT2D eigenvalue weighted by Crippen LogP contribution is -2.64. The first kappa shape index (κ1) is 12.8. The minimum absolute atomic E-state index is 0.376. The molecule has 0 amide bonds. The van der Waals surface area contributed by atoms with E-state index in [1.165, 1.54) is 44.3 Å². The van der Waals surface area contributed by atoms with E-state index in [0.717, 1.165) is 24.4 Å². The first-order valence-electron chi connectivity index (χ1n) is 8.28. The summed E-state index contributed by atoms with van der Waals surface area (Å²) in [4.78, 5) is 2.79. The van der Waals surface area contributed by atoms with Gasteiger partial charge in [0, 0.05) is 31.2 Å². The summed E-state index contributed by atoms with van der Waals surface area (Å²) < 4.78 is 0. The Hall–Kier alpha value is -0.860. The summed E-state index contributed by atoms with van der Waals surface area (Å²) in [6.45, 7) is 6.04. The maximum absolute atomic E-state index is 3.87. The summed E-state index contributed by atoms with van der Waals surface area (Å²) in [7, 11) is 0. The molecule has 20 heavy (non-hydrogen) atoms. The van der Waals surface area contributed by atoms with Crippen molar-refractivity contribution in [1.82, 2.24) is 10.2 Å². The normalized spacial score (nSPS) is 35.1. The molecule has 0 radical (unpaired) electrons. The minimum atomic E-state index is 0.376. The van der Waals surface area contributed by atoms with Crippen molar-refractivity contribution >= 4 is 0 Å². The summed E-state index contributed by atoms with van der Waals surface area (Å²) in [5.74, 6) is 1.87. The van der Waals surface area contributed by atoms with Gasteiger partial charge in [0.15, 0.2) is 0 Å². The van der Waals surface area contributed by atoms with E-state index in [2.05, 4.69) is 47.5 Å². The molecule has 0 spiro atoms. The van der Waals surface area contributed by atoms with Crippen LogP contribution in [0.1, 0.15) is 38.2 Å². The van der Waals surface area contributed by atoms with Crippen LogP contribution in [0.25, 0.3) is 0 Å². The lowest BCUT2D eigenvalue weighted by molar-refractivity contribution is 0.0234. The molecule has 2 saturated carbocycles. The largest absolute Gasteiger partial charge is 0.311 e. The first-order valence-corrected chi connectivity index (χ1v) is 8.28. The van der Waals surface area contributed by atoms with Gasteiger partial charge >= 0.3 is 0 Å². The van der Waals surface area contributed by atoms with Crippen molar-refractivity contribution in [3.63, 3.8) is 0 Å². The van der Waals surface area contributed by atoms with Gasteiger partial charge in [0.2, 0.25) is 0 Å². The third-order valence-electron chi connectivity index (χ3n) is 5.73. The molecule has 2 unspecified atom stereocenters. The zero-order valence-corrected chi connectivity index (χ0v) is 12.5. The molecule has 2 atom stereocenters. The quantitative estimate of drug-likeness (QED) is 0.904. The van der Waals surface area contributed by atoms with E-state index in [1.807, 2.05) is 0 Å². The number of rotatable bonds is 4. The van der Waals surface area contributed by atoms with Gasteiger partial charge < -0.3 is 5.32 Å². The van der Waals surface area contributed by atoms with Crippen molar-refractivity contribution in [2.45, 2.75) is 50.7 Å². The number of nitrogens with zero attached hydrogens (tertiary/aromatic N) is 1. The van der Waals surface area contributed by atoms with Crippen molar-refractivity contribution in [2.24, 2.45) is 11.8 Å². The molecule has 1 heterocycles. The van der Waals surface area contributed by atoms with Crippen molar-refractivity contribution in [3.8, 4) is 0 Å². The van der Waals surface area contributed by atoms with Gasteiger partial charge in [-0.3, -0.25) is 4.90 Å². The molecule has 1 aromatic carbocycles. The lowest BCUT2D eigenvalue weighted by Gasteiger charge is -2.49. The predicted molar refractivity (Wildman–Crippen MR) is 82.5 cm³/mol. The molecule has 2 heteroatoms. The summed E-state index contributed by atoms with van der Waals surface area (Å²) in [5.41, 5.74) is 1.84. The molecule has 3 fully saturated rings. The Bertz CT molecular complexity index is 464. The van der Waals surface area contributed by atoms with E-state index in [4.69, 9.17) is 0 Å². The van der Waals surface area contributed by atoms with E-state index >= 15 is 0 Å². The Balaban J connectivity index is 1.53. The van der Waals surface area contributed by atoms with Crippen LogP contribution in [0.4, 0.5) is 0 Å². The van der Waals surface area contributed by atoms with E-state index in [0.29, 0.717) is 5.54 Å². The molecule has 1 saturated heterocycles. The summed E-state index contributed by atoms with van der Waals surface area (Å²) in [6.07, 6.45) is 5.74. The van der Waals surface area contributed by atoms with Gasteiger partial charge in [-0.1, -0.05) is 30.3 Å². The number of benzene rings is 1. The second-order valence-corrected chi connectivity index (χ2v) is 7.32. The molecule has 1 N–H and O–H groups in total. The molecule has 0 aromatic heterocycles. The molecule has 2 aliphatic carbocycles. The SMILES string of the molecule is CC1(C2CC2)CNC(C2CC2)CN1Cc1ccccc1. The van der Waals surface area contributed by atoms with Crippen LogP contribution in [0.15, 0.2) is 30.3 Å². The van der Waals surface area contributed by atoms with Gasteiger partial charge in [0.1, 0.15) is 0 Å². The van der Waals surface area contributed by atoms with Crippen LogP contribution < -0.4 is 5.32 Å². The van der Waals surface area contributed by atoms with Crippen molar-refractivity contribution in [3.05, 3.63) is 35.9 Å². The second-order valence-electron chi connectivity index (χ2n) is 7.32. The van der Waals surface area contributed by atoms with Gasteiger partial charge in [-0.15, -0.1) is 0 Å². The van der Waals surface area contributed by atoms with Crippen LogP contribution in [0.3, 0.4) is 0 Å². The fraction of sp³-hybridized carbons (Fsp3) is 0.667. The Morgan fingerprint density at radius 1 is 1.15 bits per heavy atom. The van der Waals surface area contributed by atoms with E-state index in [9.17, 15) is 0 Å². The van der Waals surface area contributed by atoms with Crippen LogP contribution in [-0.2, 0) is 6.54 Å². The molecule has 3 aliphatic rings. The Morgan fingerprint density at radius 3 is 2.55 bits per heavy atom. The number of hydrogen-bond acceptors (Lipinski definition) is 2. The highest BCUT2D eigenvalue weighted by molar-refractivity contribution is 5.17. The molecule has 4 rings (SSSR count). The summed E-state index contributed by atoms with van der Waals surface area (Å²) in [5, 5.41) is 3.87. The second kappa shape index (κ2) is 4.85. The maximum Gasteiger partial charge on any atom is 0.0338 e. The van der Waals surface area contributed by atoms with Crippen LogP contribution in [0.5, 0.6) is 0 Å². The average molecular weight is 270 g/mol. The molecule has 1 aromatic rings. The first-order chi connectivity index (χ1) is 9.75. The third kappa shape index (κ3) is 2.40. The van der Waals surface area contributed by atoms with Crippen molar-refractivity contribution in [2.75, 3.05) is 13.1 Å². The highest BCUT2D eigenvalue weighted by Crippen LogP contribution is 2.46. The van der Waals surface area contributed by atoms with Crippen LogP contribution in [-0.4, -0.2) is 29.6 Å². The van der Waals surface area contributed by atoms with Crippen molar-refractivity contribution in [1.29, 1.82) is 0 Å². The van der Waals surface area contributed by atoms with E-state index in [-0.39, 0.29) is 0 Å². The summed E-state index contributed by atoms with van der Waals surface area (Å²) in [6, 6.07) is 11.8. The van der Waals surface area contributed by atoms with Gasteiger partial charge in [-0.25, -0.2) is 0 Å². The van der Waals surface area contributed by atoms with Crippen molar-refractivity contribution < 1.29 is 0 Å². The lowest BCUT2D eigenvalue weighted by atomic mass is 9.88. The average Bonchev–Trinajstić information content (AvgIpc) is 3.33. The van der Waals surface area contributed by atoms with Crippen LogP contribution in [0.2, 0.25) is 0 Å². The monoisotopic (exact) mass is 270 g/mol. The molecule has 1 aliphatic heterocycles. The predicted octanol–water partition coefficient (Wildman–Crippen LogP) is 3.04. The zero-order chi connectivity index (χ0) is 13.6. The Labute approximate surface area is 122 Å². The Kier molecular flexibility index (Phi) is 3.12. The molecule has 108 valence electrons. The molecule has 2 nitrogen and oxygen atoms in total. The molecule has 0 bridgehead atoms. The van der Waals surface area contributed by atoms with Gasteiger partial charge in [0.05, 0.1) is 0 Å². The van der Waals surface area contributed by atoms with Crippen LogP contribution in [0, 0.1) is 11.8 Å². The maximum atomic E-state index is 3.87. The van der Waals surface area contributed by atoms with E-state index < -0.39 is 0 Å². The highest BCUT2D eigenvalue weighted by Gasteiger charge is 2.49. The Morgan fingerprint density at radius 2 is 1.90 bits per heavy atom.